The van der Waals surface area contributed by atoms with E-state index in [-0.39, 0.29) is 22.2 Å². The van der Waals surface area contributed by atoms with E-state index in [2.05, 4.69) is 67.2 Å². The lowest BCUT2D eigenvalue weighted by Crippen LogP contribution is -2.48. The van der Waals surface area contributed by atoms with E-state index in [1.165, 1.54) is 23.0 Å². The molecule has 2 amide bonds. The number of carbonyl (C=O) groups excluding carboxylic acids is 3. The van der Waals surface area contributed by atoms with Crippen molar-refractivity contribution in [3.63, 3.8) is 0 Å². The van der Waals surface area contributed by atoms with E-state index in [0.717, 1.165) is 62.5 Å². The zero-order valence-corrected chi connectivity index (χ0v) is 32.6. The summed E-state index contributed by atoms with van der Waals surface area (Å²) in [5.74, 6) is -1.33. The van der Waals surface area contributed by atoms with E-state index in [9.17, 15) is 27.6 Å². The summed E-state index contributed by atoms with van der Waals surface area (Å²) < 4.78 is 43.8. The maximum atomic E-state index is 13.3. The van der Waals surface area contributed by atoms with E-state index < -0.39 is 30.1 Å². The summed E-state index contributed by atoms with van der Waals surface area (Å²) in [5, 5.41) is 18.9. The summed E-state index contributed by atoms with van der Waals surface area (Å²) >= 11 is 5.90. The van der Waals surface area contributed by atoms with Crippen LogP contribution in [0.2, 0.25) is 5.02 Å². The summed E-state index contributed by atoms with van der Waals surface area (Å²) in [4.78, 5) is 51.2. The Morgan fingerprint density at radius 2 is 1.86 bits per heavy atom. The number of allylic oxidation sites excluding steroid dienone is 1. The number of aldehydes is 1. The van der Waals surface area contributed by atoms with Crippen LogP contribution in [0.15, 0.2) is 64.2 Å². The number of fused-ring (bicyclic) bond motifs is 1. The Morgan fingerprint density at radius 1 is 1.14 bits per heavy atom. The number of ether oxygens (including phenoxy) is 1. The molecule has 2 aliphatic rings. The number of anilines is 1. The van der Waals surface area contributed by atoms with Crippen LogP contribution in [-0.4, -0.2) is 115 Å². The van der Waals surface area contributed by atoms with Gasteiger partial charge in [0.25, 0.3) is 5.91 Å². The van der Waals surface area contributed by atoms with Gasteiger partial charge in [0.05, 0.1) is 41.7 Å². The average molecular weight is 802 g/mol. The summed E-state index contributed by atoms with van der Waals surface area (Å²) in [6.07, 6.45) is -1.26. The predicted octanol–water partition coefficient (Wildman–Crippen LogP) is 5.09. The first kappa shape index (κ1) is 45.0. The lowest BCUT2D eigenvalue weighted by atomic mass is 9.97. The molecule has 0 aliphatic carbocycles. The van der Waals surface area contributed by atoms with Crippen molar-refractivity contribution >= 4 is 48.8 Å². The average Bonchev–Trinajstić information content (AvgIpc) is 3.18. The molecule has 0 radical (unpaired) electrons. The van der Waals surface area contributed by atoms with E-state index in [4.69, 9.17) is 21.4 Å². The van der Waals surface area contributed by atoms with Crippen LogP contribution >= 0.6 is 11.6 Å². The second kappa shape index (κ2) is 21.6. The minimum absolute atomic E-state index is 0.00886. The Bertz CT molecular complexity index is 1880. The largest absolute Gasteiger partial charge is 0.504 e. The number of hydrazone groups is 1. The fourth-order valence-electron chi connectivity index (χ4n) is 5.72. The molecule has 302 valence electrons. The molecule has 2 aliphatic heterocycles. The van der Waals surface area contributed by atoms with Gasteiger partial charge in [0, 0.05) is 45.6 Å². The number of likely N-dealkylation sites (N-methyl/N-ethyl adjacent to an activating group) is 1. The number of carbonyl (C=O) groups is 3. The Morgan fingerprint density at radius 3 is 2.43 bits per heavy atom. The molecule has 0 bridgehead atoms. The Balaban J connectivity index is 0.000000293. The molecule has 18 heteroatoms. The number of alkyl halides is 3. The summed E-state index contributed by atoms with van der Waals surface area (Å²) in [6, 6.07) is 8.90. The van der Waals surface area contributed by atoms with E-state index >= 15 is 0 Å². The highest BCUT2D eigenvalue weighted by Crippen LogP contribution is 2.34. The first-order chi connectivity index (χ1) is 26.7. The van der Waals surface area contributed by atoms with Gasteiger partial charge < -0.3 is 30.3 Å². The highest BCUT2D eigenvalue weighted by Gasteiger charge is 2.32. The topological polar surface area (TPSA) is 165 Å². The minimum Gasteiger partial charge on any atom is -0.504 e. The van der Waals surface area contributed by atoms with Gasteiger partial charge in [-0.1, -0.05) is 36.7 Å². The first-order valence-corrected chi connectivity index (χ1v) is 17.9. The number of hydrogen-bond acceptors (Lipinski definition) is 12. The van der Waals surface area contributed by atoms with Crippen molar-refractivity contribution < 1.29 is 37.4 Å². The number of nitrogens with one attached hydrogen (secondary N) is 2. The van der Waals surface area contributed by atoms with Crippen LogP contribution in [0.25, 0.3) is 0 Å². The van der Waals surface area contributed by atoms with Crippen molar-refractivity contribution in [2.45, 2.75) is 46.0 Å². The number of benzene rings is 2. The van der Waals surface area contributed by atoms with Gasteiger partial charge >= 0.3 is 6.18 Å². The fraction of sp³-hybridized carbons (Fsp3) is 0.395. The zero-order chi connectivity index (χ0) is 41.4. The van der Waals surface area contributed by atoms with Gasteiger partial charge in [-0.3, -0.25) is 19.4 Å². The van der Waals surface area contributed by atoms with Crippen LogP contribution in [0.1, 0.15) is 51.8 Å². The number of aryl methyl sites for hydroxylation is 1. The van der Waals surface area contributed by atoms with Crippen molar-refractivity contribution in [1.29, 1.82) is 0 Å². The van der Waals surface area contributed by atoms with Crippen molar-refractivity contribution in [2.24, 2.45) is 10.1 Å². The maximum Gasteiger partial charge on any atom is 0.416 e. The Labute approximate surface area is 329 Å². The van der Waals surface area contributed by atoms with Crippen molar-refractivity contribution in [1.82, 2.24) is 30.1 Å². The summed E-state index contributed by atoms with van der Waals surface area (Å²) in [5.41, 5.74) is 4.64. The van der Waals surface area contributed by atoms with Gasteiger partial charge in [-0.25, -0.2) is 15.0 Å². The standard InChI is InChI=1S/C21H28ClF3N6O2.C11H13NO.C6H6N2O2/c1-5-16(26-2)19(30-10-8-29(4)9-11-30)20(33)31(27-3)13-18(32)28-17-7-6-14(12-15(17)22)21(23,24)25;1-12-7-9-3-2-4-10-8-13-6-5-11(9)10;1-4-6(10)5(2-9)8-3-7-4/h6-7,12,26H,3,5,8-11,13H2,1-2,4H3,(H,28,32);2-4H,1,5-8H2;2-3,10H,1H3/b19-16+;;. The molecule has 3 aromatic rings. The van der Waals surface area contributed by atoms with Crippen molar-refractivity contribution in [2.75, 3.05) is 58.7 Å². The predicted molar refractivity (Wildman–Crippen MR) is 209 cm³/mol. The van der Waals surface area contributed by atoms with Crippen LogP contribution in [0.3, 0.4) is 0 Å². The first-order valence-electron chi connectivity index (χ1n) is 17.5. The Kier molecular flexibility index (Phi) is 17.4. The molecule has 0 spiro atoms. The number of nitrogens with zero attached hydrogens (tertiary/aromatic N) is 7. The quantitative estimate of drug-likeness (QED) is 0.103. The number of aromatic nitrogens is 2. The van der Waals surface area contributed by atoms with Crippen molar-refractivity contribution in [3.05, 3.63) is 92.8 Å². The van der Waals surface area contributed by atoms with Crippen molar-refractivity contribution in [3.8, 4) is 5.75 Å². The molecule has 1 aromatic heterocycles. The monoisotopic (exact) mass is 801 g/mol. The van der Waals surface area contributed by atoms with Crippen LogP contribution in [-0.2, 0) is 40.1 Å². The number of piperazine rings is 1. The summed E-state index contributed by atoms with van der Waals surface area (Å²) in [6.45, 7) is 15.0. The van der Waals surface area contributed by atoms with Gasteiger partial charge in [-0.15, -0.1) is 0 Å². The number of aliphatic imine (C=N–C) groups is 1. The third-order valence-electron chi connectivity index (χ3n) is 8.78. The van der Waals surface area contributed by atoms with Gasteiger partial charge in [0.2, 0.25) is 5.91 Å². The van der Waals surface area contributed by atoms with Crippen LogP contribution in [0, 0.1) is 6.92 Å². The minimum atomic E-state index is -4.56. The SMILES string of the molecule is C=NCc1cccc2c1CCOC2.C=NN(CC(=O)Nc1ccc(C(F)(F)F)cc1Cl)C(=O)/C(=C(/CC)NC)N1CCN(C)CC1.Cc1ncnc(C=O)c1O. The van der Waals surface area contributed by atoms with Crippen LogP contribution in [0.5, 0.6) is 5.75 Å². The van der Waals surface area contributed by atoms with Crippen LogP contribution in [0.4, 0.5) is 18.9 Å². The smallest absolute Gasteiger partial charge is 0.416 e. The van der Waals surface area contributed by atoms with Gasteiger partial charge in [-0.05, 0) is 68.4 Å². The highest BCUT2D eigenvalue weighted by atomic mass is 35.5. The molecular formula is C38H47ClF3N9O5. The normalized spacial score (nSPS) is 14.3. The molecule has 56 heavy (non-hydrogen) atoms. The zero-order valence-electron chi connectivity index (χ0n) is 31.8. The molecule has 0 unspecified atom stereocenters. The maximum absolute atomic E-state index is 13.3. The molecular weight excluding hydrogens is 755 g/mol. The molecule has 14 nitrogen and oxygen atoms in total. The van der Waals surface area contributed by atoms with Crippen LogP contribution < -0.4 is 10.6 Å². The lowest BCUT2D eigenvalue weighted by Gasteiger charge is -2.36. The van der Waals surface area contributed by atoms with Gasteiger partial charge in [0.1, 0.15) is 24.3 Å². The number of aromatic hydroxyl groups is 1. The van der Waals surface area contributed by atoms with E-state index in [1.807, 2.05) is 18.9 Å². The molecule has 2 aromatic carbocycles. The van der Waals surface area contributed by atoms with E-state index in [1.54, 1.807) is 14.0 Å². The number of halogens is 4. The molecule has 0 saturated carbocycles. The lowest BCUT2D eigenvalue weighted by molar-refractivity contribution is -0.137. The molecule has 5 rings (SSSR count). The molecule has 3 N–H and O–H groups in total. The Hall–Kier alpha value is -5.39. The summed E-state index contributed by atoms with van der Waals surface area (Å²) in [7, 11) is 3.71. The third-order valence-corrected chi connectivity index (χ3v) is 9.10. The number of hydrogen-bond donors (Lipinski definition) is 3. The third kappa shape index (κ3) is 12.6. The molecule has 1 saturated heterocycles. The molecule has 0 atom stereocenters. The van der Waals surface area contributed by atoms with Gasteiger partial charge in [0.15, 0.2) is 12.0 Å². The number of amides is 2. The fourth-order valence-corrected chi connectivity index (χ4v) is 5.94. The number of rotatable bonds is 11. The van der Waals surface area contributed by atoms with E-state index in [0.29, 0.717) is 42.9 Å². The second-order valence-corrected chi connectivity index (χ2v) is 12.9. The molecule has 1 fully saturated rings. The van der Waals surface area contributed by atoms with Gasteiger partial charge in [-0.2, -0.15) is 18.3 Å². The highest BCUT2D eigenvalue weighted by molar-refractivity contribution is 6.33. The molecule has 3 heterocycles. The second-order valence-electron chi connectivity index (χ2n) is 12.5.